The highest BCUT2D eigenvalue weighted by molar-refractivity contribution is 6.31. The number of nitrogens with one attached hydrogen (secondary N) is 1. The van der Waals surface area contributed by atoms with Gasteiger partial charge in [0.05, 0.1) is 13.2 Å². The number of ether oxygens (including phenoxy) is 1. The molecule has 1 N–H and O–H groups in total. The zero-order chi connectivity index (χ0) is 18.2. The minimum Gasteiger partial charge on any atom is -0.497 e. The summed E-state index contributed by atoms with van der Waals surface area (Å²) >= 11 is 6.39. The number of nitrogens with zero attached hydrogens (tertiary/aromatic N) is 1. The molecule has 4 nitrogen and oxygen atoms in total. The van der Waals surface area contributed by atoms with Gasteiger partial charge in [0, 0.05) is 17.1 Å². The highest BCUT2D eigenvalue weighted by Gasteiger charge is 2.21. The molecule has 1 unspecified atom stereocenters. The summed E-state index contributed by atoms with van der Waals surface area (Å²) in [5.41, 5.74) is 1.64. The van der Waals surface area contributed by atoms with E-state index in [1.54, 1.807) is 31.4 Å². The minimum absolute atomic E-state index is 0. The number of carbonyl (C=O) groups is 1. The van der Waals surface area contributed by atoms with Crippen molar-refractivity contribution in [3.8, 4) is 5.75 Å². The predicted octanol–water partition coefficient (Wildman–Crippen LogP) is 4.58. The van der Waals surface area contributed by atoms with E-state index in [4.69, 9.17) is 16.3 Å². The highest BCUT2D eigenvalue weighted by Crippen LogP contribution is 2.27. The number of likely N-dealkylation sites (N-methyl/N-ethyl adjacent to an activating group) is 1. The van der Waals surface area contributed by atoms with Gasteiger partial charge in [-0.1, -0.05) is 43.6 Å². The van der Waals surface area contributed by atoms with Crippen molar-refractivity contribution >= 4 is 29.9 Å². The van der Waals surface area contributed by atoms with Crippen LogP contribution in [0.4, 0.5) is 0 Å². The van der Waals surface area contributed by atoms with Gasteiger partial charge >= 0.3 is 0 Å². The Morgan fingerprint density at radius 1 is 1.12 bits per heavy atom. The van der Waals surface area contributed by atoms with Gasteiger partial charge in [0.2, 0.25) is 0 Å². The number of benzene rings is 2. The van der Waals surface area contributed by atoms with E-state index in [-0.39, 0.29) is 24.4 Å². The Hall–Kier alpha value is -1.75. The summed E-state index contributed by atoms with van der Waals surface area (Å²) in [6.45, 7) is 6.48. The largest absolute Gasteiger partial charge is 0.497 e. The molecule has 2 aromatic rings. The van der Waals surface area contributed by atoms with Gasteiger partial charge in [-0.05, 0) is 49.0 Å². The van der Waals surface area contributed by atoms with Crippen molar-refractivity contribution in [2.24, 2.45) is 0 Å². The van der Waals surface area contributed by atoms with Crippen LogP contribution in [-0.2, 0) is 0 Å². The average Bonchev–Trinajstić information content (AvgIpc) is 2.65. The SMILES string of the molecule is CCN(CC)C(CNC(=O)c1ccc(OC)cc1)c1ccccc1Cl.Cl. The van der Waals surface area contributed by atoms with E-state index in [0.29, 0.717) is 12.1 Å². The van der Waals surface area contributed by atoms with Gasteiger partial charge in [0.15, 0.2) is 0 Å². The summed E-state index contributed by atoms with van der Waals surface area (Å²) < 4.78 is 5.13. The molecule has 0 fully saturated rings. The first-order valence-corrected chi connectivity index (χ1v) is 8.89. The van der Waals surface area contributed by atoms with E-state index in [9.17, 15) is 4.79 Å². The molecule has 0 aliphatic heterocycles. The molecule has 142 valence electrons. The molecule has 2 rings (SSSR count). The number of hydrogen-bond donors (Lipinski definition) is 1. The van der Waals surface area contributed by atoms with E-state index in [1.807, 2.05) is 24.3 Å². The normalized spacial score (nSPS) is 11.6. The Bertz CT molecular complexity index is 688. The summed E-state index contributed by atoms with van der Waals surface area (Å²) in [5, 5.41) is 3.75. The molecule has 0 radical (unpaired) electrons. The molecule has 1 atom stereocenters. The molecule has 6 heteroatoms. The van der Waals surface area contributed by atoms with E-state index in [2.05, 4.69) is 24.1 Å². The fourth-order valence-corrected chi connectivity index (χ4v) is 3.14. The molecule has 0 aliphatic rings. The monoisotopic (exact) mass is 396 g/mol. The first-order chi connectivity index (χ1) is 12.1. The lowest BCUT2D eigenvalue weighted by molar-refractivity contribution is 0.0935. The second-order valence-electron chi connectivity index (χ2n) is 5.70. The fraction of sp³-hybridized carbons (Fsp3) is 0.350. The van der Waals surface area contributed by atoms with Gasteiger partial charge in [-0.3, -0.25) is 9.69 Å². The van der Waals surface area contributed by atoms with Gasteiger partial charge in [-0.2, -0.15) is 0 Å². The maximum Gasteiger partial charge on any atom is 0.251 e. The zero-order valence-corrected chi connectivity index (χ0v) is 16.9. The molecule has 26 heavy (non-hydrogen) atoms. The molecule has 0 heterocycles. The summed E-state index contributed by atoms with van der Waals surface area (Å²) in [5.74, 6) is 0.625. The van der Waals surface area contributed by atoms with E-state index in [1.165, 1.54) is 0 Å². The lowest BCUT2D eigenvalue weighted by Crippen LogP contribution is -2.38. The van der Waals surface area contributed by atoms with E-state index < -0.39 is 0 Å². The van der Waals surface area contributed by atoms with Gasteiger partial charge < -0.3 is 10.1 Å². The Kier molecular flexibility index (Phi) is 9.49. The van der Waals surface area contributed by atoms with Crippen LogP contribution in [0.3, 0.4) is 0 Å². The van der Waals surface area contributed by atoms with Gasteiger partial charge in [0.1, 0.15) is 5.75 Å². The summed E-state index contributed by atoms with van der Waals surface area (Å²) in [6.07, 6.45) is 0. The smallest absolute Gasteiger partial charge is 0.251 e. The second-order valence-corrected chi connectivity index (χ2v) is 6.10. The summed E-state index contributed by atoms with van der Waals surface area (Å²) in [6, 6.07) is 14.9. The second kappa shape index (κ2) is 11.1. The van der Waals surface area contributed by atoms with Gasteiger partial charge in [0.25, 0.3) is 5.91 Å². The first kappa shape index (κ1) is 22.3. The van der Waals surface area contributed by atoms with Crippen LogP contribution in [0.1, 0.15) is 35.8 Å². The predicted molar refractivity (Wildman–Crippen MR) is 110 cm³/mol. The van der Waals surface area contributed by atoms with Crippen molar-refractivity contribution in [1.29, 1.82) is 0 Å². The maximum atomic E-state index is 12.5. The topological polar surface area (TPSA) is 41.6 Å². The van der Waals surface area contributed by atoms with Crippen molar-refractivity contribution in [3.63, 3.8) is 0 Å². The van der Waals surface area contributed by atoms with Crippen molar-refractivity contribution in [2.45, 2.75) is 19.9 Å². The Labute approximate surface area is 166 Å². The molecule has 0 saturated carbocycles. The van der Waals surface area contributed by atoms with Crippen LogP contribution in [0, 0.1) is 0 Å². The Morgan fingerprint density at radius 3 is 2.27 bits per heavy atom. The highest BCUT2D eigenvalue weighted by atomic mass is 35.5. The van der Waals surface area contributed by atoms with Crippen LogP contribution in [0.5, 0.6) is 5.75 Å². The molecule has 0 aromatic heterocycles. The fourth-order valence-electron chi connectivity index (χ4n) is 2.88. The Morgan fingerprint density at radius 2 is 1.73 bits per heavy atom. The average molecular weight is 397 g/mol. The molecule has 1 amide bonds. The number of halogens is 2. The third-order valence-corrected chi connectivity index (χ3v) is 4.67. The number of methoxy groups -OCH3 is 1. The third kappa shape index (κ3) is 5.63. The number of rotatable bonds is 8. The van der Waals surface area contributed by atoms with E-state index in [0.717, 1.165) is 29.4 Å². The summed E-state index contributed by atoms with van der Waals surface area (Å²) in [4.78, 5) is 14.7. The van der Waals surface area contributed by atoms with Crippen LogP contribution in [-0.4, -0.2) is 37.6 Å². The minimum atomic E-state index is -0.105. The molecule has 0 aliphatic carbocycles. The van der Waals surface area contributed by atoms with Crippen LogP contribution in [0.25, 0.3) is 0 Å². The van der Waals surface area contributed by atoms with Crippen LogP contribution >= 0.6 is 24.0 Å². The number of carbonyl (C=O) groups excluding carboxylic acids is 1. The van der Waals surface area contributed by atoms with Crippen LogP contribution < -0.4 is 10.1 Å². The molecule has 0 spiro atoms. The van der Waals surface area contributed by atoms with Gasteiger partial charge in [-0.15, -0.1) is 12.4 Å². The van der Waals surface area contributed by atoms with Crippen LogP contribution in [0.15, 0.2) is 48.5 Å². The van der Waals surface area contributed by atoms with Crippen molar-refractivity contribution in [3.05, 3.63) is 64.7 Å². The molecule has 0 saturated heterocycles. The molecule has 0 bridgehead atoms. The van der Waals surface area contributed by atoms with Gasteiger partial charge in [-0.25, -0.2) is 0 Å². The van der Waals surface area contributed by atoms with Crippen molar-refractivity contribution in [1.82, 2.24) is 10.2 Å². The van der Waals surface area contributed by atoms with Crippen LogP contribution in [0.2, 0.25) is 5.02 Å². The molecular formula is C20H26Cl2N2O2. The lowest BCUT2D eigenvalue weighted by Gasteiger charge is -2.31. The Balaban J connectivity index is 0.00000338. The van der Waals surface area contributed by atoms with E-state index >= 15 is 0 Å². The first-order valence-electron chi connectivity index (χ1n) is 8.51. The number of hydrogen-bond acceptors (Lipinski definition) is 3. The number of amides is 1. The van der Waals surface area contributed by atoms with Crippen molar-refractivity contribution in [2.75, 3.05) is 26.7 Å². The lowest BCUT2D eigenvalue weighted by atomic mass is 10.0. The summed E-state index contributed by atoms with van der Waals surface area (Å²) in [7, 11) is 1.60. The molecular weight excluding hydrogens is 371 g/mol. The molecule has 2 aromatic carbocycles. The third-order valence-electron chi connectivity index (χ3n) is 4.33. The van der Waals surface area contributed by atoms with Crippen molar-refractivity contribution < 1.29 is 9.53 Å². The zero-order valence-electron chi connectivity index (χ0n) is 15.4. The standard InChI is InChI=1S/C20H25ClN2O2.ClH/c1-4-23(5-2)19(17-8-6-7-9-18(17)21)14-22-20(24)15-10-12-16(25-3)13-11-15;/h6-13,19H,4-5,14H2,1-3H3,(H,22,24);1H. The maximum absolute atomic E-state index is 12.5. The quantitative estimate of drug-likeness (QED) is 0.709.